The number of ether oxygens (including phenoxy) is 1. The molecule has 2 rings (SSSR count). The van der Waals surface area contributed by atoms with Crippen LogP contribution in [0.4, 0.5) is 8.78 Å². The summed E-state index contributed by atoms with van der Waals surface area (Å²) in [4.78, 5) is 6.39. The van der Waals surface area contributed by atoms with Crippen LogP contribution in [0, 0.1) is 5.92 Å². The van der Waals surface area contributed by atoms with E-state index in [2.05, 4.69) is 39.4 Å². The zero-order valence-electron chi connectivity index (χ0n) is 15.1. The number of benzene rings is 1. The Bertz CT molecular complexity index is 598. The van der Waals surface area contributed by atoms with Gasteiger partial charge in [0, 0.05) is 36.8 Å². The third-order valence-electron chi connectivity index (χ3n) is 4.22. The van der Waals surface area contributed by atoms with Crippen LogP contribution in [0.15, 0.2) is 23.2 Å². The van der Waals surface area contributed by atoms with Gasteiger partial charge in [-0.1, -0.05) is 11.6 Å². The maximum absolute atomic E-state index is 12.5. The molecule has 5 nitrogen and oxygen atoms in total. The van der Waals surface area contributed by atoms with Crippen molar-refractivity contribution in [3.63, 3.8) is 0 Å². The van der Waals surface area contributed by atoms with Crippen LogP contribution in [0.2, 0.25) is 5.02 Å². The van der Waals surface area contributed by atoms with Gasteiger partial charge in [-0.15, -0.1) is 24.0 Å². The Morgan fingerprint density at radius 2 is 2.04 bits per heavy atom. The van der Waals surface area contributed by atoms with Crippen molar-refractivity contribution in [3.8, 4) is 5.75 Å². The van der Waals surface area contributed by atoms with Gasteiger partial charge in [-0.25, -0.2) is 0 Å². The lowest BCUT2D eigenvalue weighted by molar-refractivity contribution is -0.0504. The summed E-state index contributed by atoms with van der Waals surface area (Å²) < 4.78 is 29.6. The Hall–Kier alpha value is -0.870. The van der Waals surface area contributed by atoms with Crippen molar-refractivity contribution in [3.05, 3.63) is 28.8 Å². The van der Waals surface area contributed by atoms with Crippen LogP contribution >= 0.6 is 35.6 Å². The van der Waals surface area contributed by atoms with Gasteiger partial charge in [0.1, 0.15) is 5.75 Å². The molecular formula is C17H26ClF2IN4O. The van der Waals surface area contributed by atoms with Crippen LogP contribution in [-0.2, 0) is 6.54 Å². The van der Waals surface area contributed by atoms with E-state index >= 15 is 0 Å². The molecule has 0 radical (unpaired) electrons. The molecule has 1 fully saturated rings. The Morgan fingerprint density at radius 1 is 1.35 bits per heavy atom. The highest BCUT2D eigenvalue weighted by Gasteiger charge is 2.32. The number of aliphatic imine (C=N–C) groups is 1. The number of nitrogens with zero attached hydrogens (tertiary/aromatic N) is 2. The predicted octanol–water partition coefficient (Wildman–Crippen LogP) is 3.56. The second-order valence-electron chi connectivity index (χ2n) is 6.31. The number of guanidine groups is 1. The zero-order chi connectivity index (χ0) is 18.4. The molecule has 0 aliphatic heterocycles. The Morgan fingerprint density at radius 3 is 2.58 bits per heavy atom. The first kappa shape index (κ1) is 23.2. The summed E-state index contributed by atoms with van der Waals surface area (Å²) in [5.74, 6) is 1.43. The molecule has 1 aromatic rings. The van der Waals surface area contributed by atoms with E-state index in [1.807, 2.05) is 0 Å². The zero-order valence-corrected chi connectivity index (χ0v) is 18.2. The Kier molecular flexibility index (Phi) is 9.88. The molecule has 0 spiro atoms. The fraction of sp³-hybridized carbons (Fsp3) is 0.588. The maximum Gasteiger partial charge on any atom is 0.387 e. The van der Waals surface area contributed by atoms with Crippen LogP contribution < -0.4 is 15.4 Å². The molecule has 1 aromatic carbocycles. The molecule has 0 amide bonds. The van der Waals surface area contributed by atoms with Crippen LogP contribution in [0.1, 0.15) is 18.4 Å². The highest BCUT2D eigenvalue weighted by molar-refractivity contribution is 14.0. The molecule has 1 aliphatic carbocycles. The molecule has 26 heavy (non-hydrogen) atoms. The number of alkyl halides is 2. The fourth-order valence-corrected chi connectivity index (χ4v) is 2.94. The maximum atomic E-state index is 12.5. The minimum absolute atomic E-state index is 0. The average Bonchev–Trinajstić information content (AvgIpc) is 3.37. The molecule has 0 heterocycles. The third kappa shape index (κ3) is 7.40. The first-order valence-corrected chi connectivity index (χ1v) is 8.62. The highest BCUT2D eigenvalue weighted by atomic mass is 127. The molecule has 0 aromatic heterocycles. The lowest BCUT2D eigenvalue weighted by Crippen LogP contribution is -2.45. The lowest BCUT2D eigenvalue weighted by Gasteiger charge is -2.25. The summed E-state index contributed by atoms with van der Waals surface area (Å²) in [6, 6.07) is 5.01. The van der Waals surface area contributed by atoms with E-state index in [4.69, 9.17) is 11.6 Å². The van der Waals surface area contributed by atoms with E-state index in [1.165, 1.54) is 25.0 Å². The summed E-state index contributed by atoms with van der Waals surface area (Å²) >= 11 is 5.96. The second kappa shape index (κ2) is 11.1. The SMILES string of the molecule is CN=C(NCc1cc(Cl)ccc1OC(F)F)NCC(C1CC1)N(C)C.I. The fourth-order valence-electron chi connectivity index (χ4n) is 2.75. The van der Waals surface area contributed by atoms with E-state index in [9.17, 15) is 8.78 Å². The number of halogens is 4. The first-order valence-electron chi connectivity index (χ1n) is 8.25. The molecule has 148 valence electrons. The van der Waals surface area contributed by atoms with Crippen LogP contribution in [0.3, 0.4) is 0 Å². The summed E-state index contributed by atoms with van der Waals surface area (Å²) in [5, 5.41) is 6.87. The van der Waals surface area contributed by atoms with Crippen LogP contribution in [0.25, 0.3) is 0 Å². The first-order chi connectivity index (χ1) is 11.9. The molecule has 0 bridgehead atoms. The molecule has 1 unspecified atom stereocenters. The van der Waals surface area contributed by atoms with Gasteiger partial charge in [0.15, 0.2) is 5.96 Å². The van der Waals surface area contributed by atoms with Gasteiger partial charge in [-0.3, -0.25) is 4.99 Å². The molecule has 9 heteroatoms. The van der Waals surface area contributed by atoms with Gasteiger partial charge in [-0.05, 0) is 51.1 Å². The second-order valence-corrected chi connectivity index (χ2v) is 6.74. The van der Waals surface area contributed by atoms with Gasteiger partial charge < -0.3 is 20.3 Å². The van der Waals surface area contributed by atoms with Crippen molar-refractivity contribution in [2.75, 3.05) is 27.7 Å². The molecule has 0 saturated heterocycles. The van der Waals surface area contributed by atoms with Gasteiger partial charge >= 0.3 is 6.61 Å². The van der Waals surface area contributed by atoms with Gasteiger partial charge in [0.05, 0.1) is 0 Å². The number of rotatable bonds is 8. The summed E-state index contributed by atoms with van der Waals surface area (Å²) in [6.07, 6.45) is 2.51. The van der Waals surface area contributed by atoms with Gasteiger partial charge in [0.25, 0.3) is 0 Å². The minimum atomic E-state index is -2.88. The van der Waals surface area contributed by atoms with E-state index in [1.54, 1.807) is 13.1 Å². The summed E-state index contributed by atoms with van der Waals surface area (Å²) in [5.41, 5.74) is 0.544. The van der Waals surface area contributed by atoms with Crippen LogP contribution in [0.5, 0.6) is 5.75 Å². The van der Waals surface area contributed by atoms with Gasteiger partial charge in [-0.2, -0.15) is 8.78 Å². The molecule has 2 N–H and O–H groups in total. The highest BCUT2D eigenvalue weighted by Crippen LogP contribution is 2.34. The van der Waals surface area contributed by atoms with E-state index in [0.717, 1.165) is 12.5 Å². The summed E-state index contributed by atoms with van der Waals surface area (Å²) in [7, 11) is 5.81. The van der Waals surface area contributed by atoms with Crippen molar-refractivity contribution >= 4 is 41.5 Å². The largest absolute Gasteiger partial charge is 0.434 e. The third-order valence-corrected chi connectivity index (χ3v) is 4.45. The smallest absolute Gasteiger partial charge is 0.387 e. The van der Waals surface area contributed by atoms with Gasteiger partial charge in [0.2, 0.25) is 0 Å². The number of hydrogen-bond donors (Lipinski definition) is 2. The van der Waals surface area contributed by atoms with Crippen molar-refractivity contribution in [2.24, 2.45) is 10.9 Å². The van der Waals surface area contributed by atoms with Crippen molar-refractivity contribution in [1.29, 1.82) is 0 Å². The average molecular weight is 503 g/mol. The number of nitrogens with one attached hydrogen (secondary N) is 2. The monoisotopic (exact) mass is 502 g/mol. The predicted molar refractivity (Wildman–Crippen MR) is 112 cm³/mol. The topological polar surface area (TPSA) is 48.9 Å². The Labute approximate surface area is 175 Å². The van der Waals surface area contributed by atoms with Crippen molar-refractivity contribution in [2.45, 2.75) is 32.0 Å². The van der Waals surface area contributed by atoms with E-state index in [-0.39, 0.29) is 36.3 Å². The molecule has 1 saturated carbocycles. The van der Waals surface area contributed by atoms with E-state index in [0.29, 0.717) is 22.6 Å². The molecular weight excluding hydrogens is 477 g/mol. The quantitative estimate of drug-likeness (QED) is 0.324. The lowest BCUT2D eigenvalue weighted by atomic mass is 10.1. The van der Waals surface area contributed by atoms with Crippen LogP contribution in [-0.4, -0.2) is 51.2 Å². The number of hydrogen-bond acceptors (Lipinski definition) is 3. The van der Waals surface area contributed by atoms with E-state index < -0.39 is 6.61 Å². The minimum Gasteiger partial charge on any atom is -0.434 e. The van der Waals surface area contributed by atoms with Crippen molar-refractivity contribution in [1.82, 2.24) is 15.5 Å². The number of likely N-dealkylation sites (N-methyl/N-ethyl adjacent to an activating group) is 1. The Balaban J connectivity index is 0.00000338. The molecule has 1 aliphatic rings. The normalized spacial score (nSPS) is 15.6. The molecule has 1 atom stereocenters. The summed E-state index contributed by atoms with van der Waals surface area (Å²) in [6.45, 7) is -1.83. The standard InChI is InChI=1S/C17H25ClF2N4O.HI/c1-21-17(23-10-14(24(2)3)11-4-5-11)22-9-12-8-13(18)6-7-15(12)25-16(19)20;/h6-8,11,14,16H,4-5,9-10H2,1-3H3,(H2,21,22,23);1H. The van der Waals surface area contributed by atoms with Crippen molar-refractivity contribution < 1.29 is 13.5 Å².